The molecule has 1 saturated carbocycles. The van der Waals surface area contributed by atoms with Gasteiger partial charge in [0.05, 0.1) is 18.4 Å². The third-order valence-corrected chi connectivity index (χ3v) is 9.39. The maximum atomic E-state index is 12.8. The van der Waals surface area contributed by atoms with E-state index in [2.05, 4.69) is 45.2 Å². The quantitative estimate of drug-likeness (QED) is 0.130. The summed E-state index contributed by atoms with van der Waals surface area (Å²) in [5.74, 6) is -2.09. The Morgan fingerprint density at radius 1 is 0.964 bits per heavy atom. The van der Waals surface area contributed by atoms with Crippen molar-refractivity contribution in [2.75, 3.05) is 30.3 Å². The first kappa shape index (κ1) is 41.7. The van der Waals surface area contributed by atoms with Crippen molar-refractivity contribution in [2.24, 2.45) is 0 Å². The number of fused-ring (bicyclic) bond motifs is 1. The Morgan fingerprint density at radius 2 is 1.57 bits per heavy atom. The lowest BCUT2D eigenvalue weighted by atomic mass is 9.91. The van der Waals surface area contributed by atoms with Crippen LogP contribution < -0.4 is 16.0 Å². The van der Waals surface area contributed by atoms with Gasteiger partial charge in [-0.05, 0) is 44.7 Å². The molecule has 1 aliphatic heterocycles. The molecule has 18 heteroatoms. The number of hydrogen-bond acceptors (Lipinski definition) is 11. The highest BCUT2D eigenvalue weighted by atomic mass is 19.4. The number of halogens is 3. The number of aliphatic hydroxyl groups is 2. The third-order valence-electron chi connectivity index (χ3n) is 9.39. The lowest BCUT2D eigenvalue weighted by molar-refractivity contribution is -0.192. The van der Waals surface area contributed by atoms with Crippen molar-refractivity contribution >= 4 is 40.9 Å². The van der Waals surface area contributed by atoms with Crippen molar-refractivity contribution in [3.8, 4) is 0 Å². The van der Waals surface area contributed by atoms with Crippen LogP contribution >= 0.6 is 0 Å². The van der Waals surface area contributed by atoms with Gasteiger partial charge in [0.25, 0.3) is 0 Å². The van der Waals surface area contributed by atoms with Crippen LogP contribution in [0.3, 0.4) is 0 Å². The number of aromatic nitrogens is 4. The standard InChI is InChI=1S/C36H46N8O5.C2HF3O2/c1-5-28(45)40-26-18-27(31(47)30(26)46)44-21-38-29-32(37-19-25(22-12-8-6-9-13-22)23-14-10-7-11-15-23)41-34(42-33(29)44)39-24-16-17-43(20-24)35(48)49-36(2,3)4;3-2(4,5)1(6)7/h6-15,21,24-27,30-31,46-47H,5,16-20H2,1-4H3,(H,40,45)(H2,37,39,41,42);(H,6,7)/t24-,26+,27-,30-,31+;/m1./s1. The molecule has 2 fully saturated rings. The average Bonchev–Trinajstić information content (AvgIpc) is 3.86. The van der Waals surface area contributed by atoms with Crippen molar-refractivity contribution in [2.45, 2.75) is 95.0 Å². The van der Waals surface area contributed by atoms with E-state index in [1.54, 1.807) is 22.7 Å². The van der Waals surface area contributed by atoms with Crippen LogP contribution in [0.5, 0.6) is 0 Å². The van der Waals surface area contributed by atoms with Crippen LogP contribution in [0.4, 0.5) is 29.7 Å². The van der Waals surface area contributed by atoms with Gasteiger partial charge in [-0.1, -0.05) is 67.6 Å². The van der Waals surface area contributed by atoms with E-state index in [0.717, 1.165) is 11.1 Å². The summed E-state index contributed by atoms with van der Waals surface area (Å²) < 4.78 is 39.1. The van der Waals surface area contributed by atoms with Gasteiger partial charge in [-0.3, -0.25) is 4.79 Å². The number of carboxylic acids is 1. The van der Waals surface area contributed by atoms with Crippen LogP contribution in [-0.4, -0.2) is 113 Å². The number of nitrogens with one attached hydrogen (secondary N) is 3. The van der Waals surface area contributed by atoms with E-state index in [9.17, 15) is 33.0 Å². The van der Waals surface area contributed by atoms with E-state index in [-0.39, 0.29) is 30.4 Å². The Hall–Kier alpha value is -5.49. The fourth-order valence-electron chi connectivity index (χ4n) is 6.63. The lowest BCUT2D eigenvalue weighted by Crippen LogP contribution is -2.42. The number of ether oxygens (including phenoxy) is 1. The van der Waals surface area contributed by atoms with Gasteiger partial charge in [0.2, 0.25) is 11.9 Å². The van der Waals surface area contributed by atoms with Gasteiger partial charge < -0.3 is 45.5 Å². The monoisotopic (exact) mass is 784 g/mol. The number of likely N-dealkylation sites (tertiary alicyclic amines) is 1. The predicted molar refractivity (Wildman–Crippen MR) is 200 cm³/mol. The average molecular weight is 785 g/mol. The molecule has 0 unspecified atom stereocenters. The van der Waals surface area contributed by atoms with Gasteiger partial charge in [0.1, 0.15) is 17.8 Å². The van der Waals surface area contributed by atoms with Crippen molar-refractivity contribution < 1.29 is 47.6 Å². The molecule has 1 saturated heterocycles. The van der Waals surface area contributed by atoms with Crippen molar-refractivity contribution in [1.29, 1.82) is 0 Å². The minimum absolute atomic E-state index is 0.0119. The summed E-state index contributed by atoms with van der Waals surface area (Å²) in [5.41, 5.74) is 2.68. The lowest BCUT2D eigenvalue weighted by Gasteiger charge is -2.24. The molecule has 4 aromatic rings. The van der Waals surface area contributed by atoms with Crippen LogP contribution in [0.15, 0.2) is 67.0 Å². The Balaban J connectivity index is 0.000000784. The highest BCUT2D eigenvalue weighted by Gasteiger charge is 2.44. The summed E-state index contributed by atoms with van der Waals surface area (Å²) in [6, 6.07) is 19.2. The van der Waals surface area contributed by atoms with Crippen molar-refractivity contribution in [3.63, 3.8) is 0 Å². The predicted octanol–water partition coefficient (Wildman–Crippen LogP) is 4.69. The molecule has 2 aromatic carbocycles. The summed E-state index contributed by atoms with van der Waals surface area (Å²) in [6.45, 7) is 8.75. The Kier molecular flexibility index (Phi) is 13.0. The van der Waals surface area contributed by atoms with Crippen LogP contribution in [0, 0.1) is 0 Å². The number of nitrogens with zero attached hydrogens (tertiary/aromatic N) is 5. The van der Waals surface area contributed by atoms with E-state index in [4.69, 9.17) is 24.6 Å². The number of alkyl halides is 3. The zero-order valence-corrected chi connectivity index (χ0v) is 31.4. The van der Waals surface area contributed by atoms with Crippen LogP contribution in [0.1, 0.15) is 70.0 Å². The second-order valence-corrected chi connectivity index (χ2v) is 14.6. The molecule has 2 amide bonds. The highest BCUT2D eigenvalue weighted by Crippen LogP contribution is 2.35. The molecular formula is C38H47F3N8O7. The summed E-state index contributed by atoms with van der Waals surface area (Å²) in [5, 5.41) is 38.9. The maximum absolute atomic E-state index is 12.8. The minimum Gasteiger partial charge on any atom is -0.475 e. The number of carbonyl (C=O) groups is 3. The Morgan fingerprint density at radius 3 is 2.12 bits per heavy atom. The van der Waals surface area contributed by atoms with E-state index in [1.807, 2.05) is 57.2 Å². The number of aliphatic carboxylic acids is 1. The fraction of sp³-hybridized carbons (Fsp3) is 0.474. The van der Waals surface area contributed by atoms with Crippen LogP contribution in [0.25, 0.3) is 11.2 Å². The molecule has 6 N–H and O–H groups in total. The number of aliphatic hydroxyl groups excluding tert-OH is 2. The number of benzene rings is 2. The summed E-state index contributed by atoms with van der Waals surface area (Å²) in [4.78, 5) is 49.9. The fourth-order valence-corrected chi connectivity index (χ4v) is 6.63. The van der Waals surface area contributed by atoms with E-state index < -0.39 is 42.0 Å². The molecule has 2 aromatic heterocycles. The first-order valence-corrected chi connectivity index (χ1v) is 18.2. The van der Waals surface area contributed by atoms with Gasteiger partial charge >= 0.3 is 18.2 Å². The number of carboxylic acid groups (broad SMARTS) is 1. The number of hydrogen-bond donors (Lipinski definition) is 6. The molecule has 15 nitrogen and oxygen atoms in total. The highest BCUT2D eigenvalue weighted by molar-refractivity contribution is 5.84. The minimum atomic E-state index is -5.08. The number of rotatable bonds is 10. The van der Waals surface area contributed by atoms with E-state index >= 15 is 0 Å². The number of amides is 2. The van der Waals surface area contributed by atoms with Crippen LogP contribution in [-0.2, 0) is 14.3 Å². The molecule has 2 aliphatic rings. The van der Waals surface area contributed by atoms with Crippen molar-refractivity contribution in [1.82, 2.24) is 29.7 Å². The molecule has 0 spiro atoms. The molecule has 0 bridgehead atoms. The SMILES string of the molecule is CCC(=O)N[C@H]1C[C@@H](n2cnc3c(NCC(c4ccccc4)c4ccccc4)nc(N[C@@H]4CCN(C(=O)OC(C)(C)C)C4)nc32)[C@H](O)[C@@H]1O.O=C(O)C(F)(F)F. The van der Waals surface area contributed by atoms with Gasteiger partial charge in [-0.15, -0.1) is 0 Å². The maximum Gasteiger partial charge on any atom is 0.490 e. The van der Waals surface area contributed by atoms with Crippen LogP contribution in [0.2, 0.25) is 0 Å². The molecular weight excluding hydrogens is 737 g/mol. The second-order valence-electron chi connectivity index (χ2n) is 14.6. The second kappa shape index (κ2) is 17.5. The van der Waals surface area contributed by atoms with Gasteiger partial charge in [-0.2, -0.15) is 23.1 Å². The third kappa shape index (κ3) is 10.4. The van der Waals surface area contributed by atoms with Gasteiger partial charge in [-0.25, -0.2) is 14.6 Å². The zero-order chi connectivity index (χ0) is 40.8. The number of anilines is 2. The number of carbonyl (C=O) groups excluding carboxylic acids is 2. The topological polar surface area (TPSA) is 204 Å². The summed E-state index contributed by atoms with van der Waals surface area (Å²) in [7, 11) is 0. The normalized spacial score (nSPS) is 21.0. The number of imidazole rings is 1. The molecule has 0 radical (unpaired) electrons. The molecule has 56 heavy (non-hydrogen) atoms. The molecule has 5 atom stereocenters. The van der Waals surface area contributed by atoms with Gasteiger partial charge in [0, 0.05) is 38.0 Å². The molecule has 302 valence electrons. The summed E-state index contributed by atoms with van der Waals surface area (Å²) >= 11 is 0. The summed E-state index contributed by atoms with van der Waals surface area (Å²) in [6.07, 6.45) is -4.89. The van der Waals surface area contributed by atoms with Gasteiger partial charge in [0.15, 0.2) is 17.0 Å². The first-order valence-electron chi connectivity index (χ1n) is 18.2. The largest absolute Gasteiger partial charge is 0.490 e. The van der Waals surface area contributed by atoms with E-state index in [1.165, 1.54) is 0 Å². The van der Waals surface area contributed by atoms with Crippen molar-refractivity contribution in [3.05, 3.63) is 78.1 Å². The van der Waals surface area contributed by atoms with E-state index in [0.29, 0.717) is 55.4 Å². The zero-order valence-electron chi connectivity index (χ0n) is 31.4. The Labute approximate surface area is 321 Å². The molecule has 3 heterocycles. The smallest absolute Gasteiger partial charge is 0.475 e. The Bertz CT molecular complexity index is 1920. The molecule has 6 rings (SSSR count). The first-order chi connectivity index (χ1) is 26.4. The molecule has 1 aliphatic carbocycles.